The molecule has 1 aromatic carbocycles. The van der Waals surface area contributed by atoms with Crippen LogP contribution in [0.3, 0.4) is 0 Å². The standard InChI is InChI=1S/C21H15N/c1-2-13-22-19(6-1)17-11-9-16-8-7-14-4-3-5-15-10-12-18(17)21(16)20(14)15/h1-11,13,20H,12H2. The maximum atomic E-state index is 4.56. The largest absolute Gasteiger partial charge is 0.256 e. The summed E-state index contributed by atoms with van der Waals surface area (Å²) in [5.41, 5.74) is 9.48. The lowest BCUT2D eigenvalue weighted by Crippen LogP contribution is -2.18. The highest BCUT2D eigenvalue weighted by Gasteiger charge is 2.31. The summed E-state index contributed by atoms with van der Waals surface area (Å²) in [6.45, 7) is 0. The topological polar surface area (TPSA) is 12.9 Å². The van der Waals surface area contributed by atoms with Crippen molar-refractivity contribution in [2.45, 2.75) is 12.3 Å². The molecule has 0 spiro atoms. The Kier molecular flexibility index (Phi) is 2.39. The van der Waals surface area contributed by atoms with Crippen LogP contribution in [0.2, 0.25) is 0 Å². The molecule has 0 radical (unpaired) electrons. The van der Waals surface area contributed by atoms with Crippen LogP contribution >= 0.6 is 0 Å². The van der Waals surface area contributed by atoms with Crippen LogP contribution in [0, 0.1) is 0 Å². The third-order valence-electron chi connectivity index (χ3n) is 4.86. The van der Waals surface area contributed by atoms with Gasteiger partial charge in [-0.2, -0.15) is 0 Å². The second-order valence-electron chi connectivity index (χ2n) is 6.01. The third kappa shape index (κ3) is 1.57. The Labute approximate surface area is 130 Å². The third-order valence-corrected chi connectivity index (χ3v) is 4.86. The Morgan fingerprint density at radius 1 is 0.955 bits per heavy atom. The predicted molar refractivity (Wildman–Crippen MR) is 90.5 cm³/mol. The van der Waals surface area contributed by atoms with E-state index in [2.05, 4.69) is 65.7 Å². The molecule has 0 aliphatic heterocycles. The molecule has 0 amide bonds. The summed E-state index contributed by atoms with van der Waals surface area (Å²) in [5.74, 6) is 0.414. The fraction of sp³-hybridized carbons (Fsp3) is 0.0952. The minimum Gasteiger partial charge on any atom is -0.256 e. The van der Waals surface area contributed by atoms with E-state index in [4.69, 9.17) is 0 Å². The molecule has 1 nitrogen and oxygen atoms in total. The Morgan fingerprint density at radius 3 is 2.86 bits per heavy atom. The number of benzene rings is 1. The summed E-state index contributed by atoms with van der Waals surface area (Å²) in [7, 11) is 0. The van der Waals surface area contributed by atoms with E-state index in [0.717, 1.165) is 12.1 Å². The summed E-state index contributed by atoms with van der Waals surface area (Å²) in [5, 5.41) is 0. The van der Waals surface area contributed by atoms with Gasteiger partial charge in [-0.1, -0.05) is 54.7 Å². The second kappa shape index (κ2) is 4.41. The zero-order valence-electron chi connectivity index (χ0n) is 12.2. The Balaban J connectivity index is 1.80. The first-order valence-corrected chi connectivity index (χ1v) is 7.75. The van der Waals surface area contributed by atoms with Crippen LogP contribution in [0.1, 0.15) is 22.6 Å². The monoisotopic (exact) mass is 281 g/mol. The molecular weight excluding hydrogens is 266 g/mol. The van der Waals surface area contributed by atoms with E-state index in [0.29, 0.717) is 5.92 Å². The summed E-state index contributed by atoms with van der Waals surface area (Å²) >= 11 is 0. The molecule has 5 rings (SSSR count). The molecule has 0 N–H and O–H groups in total. The van der Waals surface area contributed by atoms with Crippen molar-refractivity contribution < 1.29 is 0 Å². The van der Waals surface area contributed by atoms with Crippen molar-refractivity contribution in [2.75, 3.05) is 0 Å². The van der Waals surface area contributed by atoms with E-state index in [1.165, 1.54) is 33.4 Å². The van der Waals surface area contributed by atoms with Gasteiger partial charge >= 0.3 is 0 Å². The molecule has 3 aliphatic carbocycles. The van der Waals surface area contributed by atoms with Crippen molar-refractivity contribution >= 4 is 6.08 Å². The number of rotatable bonds is 1. The molecule has 0 saturated carbocycles. The van der Waals surface area contributed by atoms with Gasteiger partial charge in [0.15, 0.2) is 0 Å². The fourth-order valence-electron chi connectivity index (χ4n) is 3.88. The second-order valence-corrected chi connectivity index (χ2v) is 6.01. The number of aromatic nitrogens is 1. The van der Waals surface area contributed by atoms with Gasteiger partial charge in [0.2, 0.25) is 0 Å². The number of nitrogens with zero attached hydrogens (tertiary/aromatic N) is 1. The van der Waals surface area contributed by atoms with Gasteiger partial charge in [-0.15, -0.1) is 0 Å². The average molecular weight is 281 g/mol. The first kappa shape index (κ1) is 11.9. The molecule has 1 atom stereocenters. The van der Waals surface area contributed by atoms with Gasteiger partial charge in [-0.3, -0.25) is 4.98 Å². The van der Waals surface area contributed by atoms with Crippen molar-refractivity contribution in [3.63, 3.8) is 0 Å². The van der Waals surface area contributed by atoms with Crippen molar-refractivity contribution in [3.8, 4) is 11.3 Å². The molecule has 0 saturated heterocycles. The van der Waals surface area contributed by atoms with Crippen LogP contribution < -0.4 is 0 Å². The van der Waals surface area contributed by atoms with Crippen molar-refractivity contribution in [1.82, 2.24) is 4.98 Å². The normalized spacial score (nSPS) is 20.3. The Bertz CT molecular complexity index is 895. The highest BCUT2D eigenvalue weighted by atomic mass is 14.7. The summed E-state index contributed by atoms with van der Waals surface area (Å²) in [6, 6.07) is 10.6. The Morgan fingerprint density at radius 2 is 1.95 bits per heavy atom. The van der Waals surface area contributed by atoms with Gasteiger partial charge in [-0.25, -0.2) is 0 Å². The van der Waals surface area contributed by atoms with Crippen LogP contribution in [0.5, 0.6) is 0 Å². The molecule has 0 fully saturated rings. The van der Waals surface area contributed by atoms with Gasteiger partial charge in [-0.05, 0) is 46.4 Å². The SMILES string of the molecule is C1=CC2=CCc3c(-c4ccccn4)ccc4c3C2C(=C1)C=C4. The summed E-state index contributed by atoms with van der Waals surface area (Å²) < 4.78 is 0. The van der Waals surface area contributed by atoms with Crippen LogP contribution in [-0.4, -0.2) is 4.98 Å². The fourth-order valence-corrected chi connectivity index (χ4v) is 3.88. The van der Waals surface area contributed by atoms with Gasteiger partial charge in [0.05, 0.1) is 5.69 Å². The zero-order chi connectivity index (χ0) is 14.5. The molecular formula is C21H15N. The summed E-state index contributed by atoms with van der Waals surface area (Å²) in [6.07, 6.45) is 16.4. The van der Waals surface area contributed by atoms with E-state index in [1.54, 1.807) is 0 Å². The van der Waals surface area contributed by atoms with Gasteiger partial charge in [0.25, 0.3) is 0 Å². The molecule has 22 heavy (non-hydrogen) atoms. The minimum atomic E-state index is 0.414. The lowest BCUT2D eigenvalue weighted by atomic mass is 9.70. The minimum absolute atomic E-state index is 0.414. The van der Waals surface area contributed by atoms with Gasteiger partial charge in [0.1, 0.15) is 0 Å². The van der Waals surface area contributed by atoms with E-state index in [1.807, 2.05) is 12.3 Å². The lowest BCUT2D eigenvalue weighted by molar-refractivity contribution is 0.893. The number of pyridine rings is 1. The molecule has 2 aromatic rings. The lowest BCUT2D eigenvalue weighted by Gasteiger charge is -2.34. The number of hydrogen-bond donors (Lipinski definition) is 0. The van der Waals surface area contributed by atoms with Crippen molar-refractivity contribution in [2.24, 2.45) is 0 Å². The quantitative estimate of drug-likeness (QED) is 0.729. The molecule has 1 heterocycles. The molecule has 3 aliphatic rings. The van der Waals surface area contributed by atoms with Crippen molar-refractivity contribution in [3.05, 3.63) is 94.7 Å². The molecule has 104 valence electrons. The predicted octanol–water partition coefficient (Wildman–Crippen LogP) is 4.84. The van der Waals surface area contributed by atoms with E-state index in [-0.39, 0.29) is 0 Å². The number of hydrogen-bond acceptors (Lipinski definition) is 1. The zero-order valence-corrected chi connectivity index (χ0v) is 12.2. The first-order chi connectivity index (χ1) is 10.9. The summed E-state index contributed by atoms with van der Waals surface area (Å²) in [4.78, 5) is 4.56. The maximum absolute atomic E-state index is 4.56. The smallest absolute Gasteiger partial charge is 0.0704 e. The molecule has 1 unspecified atom stereocenters. The van der Waals surface area contributed by atoms with Crippen LogP contribution in [0.25, 0.3) is 17.3 Å². The van der Waals surface area contributed by atoms with E-state index >= 15 is 0 Å². The van der Waals surface area contributed by atoms with Gasteiger partial charge < -0.3 is 0 Å². The highest BCUT2D eigenvalue weighted by molar-refractivity contribution is 5.78. The Hall–Kier alpha value is -2.67. The van der Waals surface area contributed by atoms with Gasteiger partial charge in [0, 0.05) is 17.7 Å². The van der Waals surface area contributed by atoms with Crippen molar-refractivity contribution in [1.29, 1.82) is 0 Å². The van der Waals surface area contributed by atoms with E-state index < -0.39 is 0 Å². The highest BCUT2D eigenvalue weighted by Crippen LogP contribution is 2.47. The van der Waals surface area contributed by atoms with Crippen LogP contribution in [-0.2, 0) is 6.42 Å². The molecule has 0 bridgehead atoms. The number of allylic oxidation sites excluding steroid dienone is 7. The maximum Gasteiger partial charge on any atom is 0.0704 e. The average Bonchev–Trinajstić information content (AvgIpc) is 2.60. The van der Waals surface area contributed by atoms with Crippen LogP contribution in [0.15, 0.2) is 78.1 Å². The molecule has 1 heteroatoms. The van der Waals surface area contributed by atoms with Crippen LogP contribution in [0.4, 0.5) is 0 Å². The first-order valence-electron chi connectivity index (χ1n) is 7.75. The molecule has 1 aromatic heterocycles. The van der Waals surface area contributed by atoms with E-state index in [9.17, 15) is 0 Å².